The summed E-state index contributed by atoms with van der Waals surface area (Å²) in [5.74, 6) is -1.64. The fourth-order valence-electron chi connectivity index (χ4n) is 3.53. The van der Waals surface area contributed by atoms with E-state index in [-0.39, 0.29) is 12.3 Å². The van der Waals surface area contributed by atoms with Gasteiger partial charge in [-0.1, -0.05) is 6.42 Å². The van der Waals surface area contributed by atoms with Gasteiger partial charge >= 0.3 is 12.4 Å². The quantitative estimate of drug-likeness (QED) is 0.719. The molecule has 0 heterocycles. The molecular weight excluding hydrogens is 274 g/mol. The highest BCUT2D eigenvalue weighted by molar-refractivity contribution is 5.03. The van der Waals surface area contributed by atoms with E-state index in [0.717, 1.165) is 13.5 Å². The molecule has 0 spiro atoms. The number of alkyl halides is 6. The highest BCUT2D eigenvalue weighted by atomic mass is 19.4. The molecule has 2 aliphatic rings. The summed E-state index contributed by atoms with van der Waals surface area (Å²) in [6.45, 7) is 0.332. The first-order chi connectivity index (χ1) is 8.57. The monoisotopic (exact) mass is 292 g/mol. The van der Waals surface area contributed by atoms with Gasteiger partial charge in [0.25, 0.3) is 0 Å². The Morgan fingerprint density at radius 2 is 1.32 bits per heavy atom. The summed E-state index contributed by atoms with van der Waals surface area (Å²) in [6.07, 6.45) is -8.54. The molecule has 1 N–H and O–H groups in total. The first-order valence-corrected chi connectivity index (χ1v) is 6.15. The minimum Gasteiger partial charge on any atom is -0.400 e. The minimum absolute atomic E-state index is 0.0639. The lowest BCUT2D eigenvalue weighted by Gasteiger charge is -2.42. The van der Waals surface area contributed by atoms with E-state index >= 15 is 0 Å². The van der Waals surface area contributed by atoms with E-state index in [2.05, 4.69) is 0 Å². The maximum atomic E-state index is 12.9. The van der Waals surface area contributed by atoms with Gasteiger partial charge in [-0.25, -0.2) is 0 Å². The Morgan fingerprint density at radius 3 is 1.58 bits per heavy atom. The molecule has 0 aliphatic heterocycles. The van der Waals surface area contributed by atoms with Crippen molar-refractivity contribution in [1.82, 2.24) is 0 Å². The van der Waals surface area contributed by atoms with Crippen LogP contribution < -0.4 is 0 Å². The van der Waals surface area contributed by atoms with E-state index in [4.69, 9.17) is 5.11 Å². The van der Waals surface area contributed by atoms with Crippen molar-refractivity contribution >= 4 is 0 Å². The molecule has 0 aromatic carbocycles. The van der Waals surface area contributed by atoms with Crippen molar-refractivity contribution in [3.63, 3.8) is 0 Å². The van der Waals surface area contributed by atoms with Gasteiger partial charge in [-0.15, -0.1) is 0 Å². The van der Waals surface area contributed by atoms with E-state index in [1.54, 1.807) is 0 Å². The Hall–Kier alpha value is -0.460. The Bertz CT molecular complexity index is 294. The number of rotatable bonds is 1. The minimum atomic E-state index is -5.22. The fraction of sp³-hybridized carbons (Fsp3) is 1.00. The van der Waals surface area contributed by atoms with E-state index in [1.165, 1.54) is 0 Å². The third-order valence-corrected chi connectivity index (χ3v) is 4.66. The van der Waals surface area contributed by atoms with Crippen LogP contribution in [-0.4, -0.2) is 24.6 Å². The van der Waals surface area contributed by atoms with Crippen LogP contribution in [0.4, 0.5) is 26.3 Å². The van der Waals surface area contributed by atoms with Crippen LogP contribution in [0.5, 0.6) is 0 Å². The zero-order valence-electron chi connectivity index (χ0n) is 10.8. The second-order valence-electron chi connectivity index (χ2n) is 5.48. The van der Waals surface area contributed by atoms with E-state index in [9.17, 15) is 26.3 Å². The van der Waals surface area contributed by atoms with Gasteiger partial charge in [0, 0.05) is 7.11 Å². The first-order valence-electron chi connectivity index (χ1n) is 6.15. The third kappa shape index (κ3) is 2.58. The highest BCUT2D eigenvalue weighted by Crippen LogP contribution is 2.64. The molecule has 0 saturated heterocycles. The van der Waals surface area contributed by atoms with Crippen LogP contribution in [0.3, 0.4) is 0 Å². The van der Waals surface area contributed by atoms with E-state index < -0.39 is 29.6 Å². The second-order valence-corrected chi connectivity index (χ2v) is 5.48. The van der Waals surface area contributed by atoms with Gasteiger partial charge in [-0.2, -0.15) is 26.3 Å². The summed E-state index contributed by atoms with van der Waals surface area (Å²) in [5, 5.41) is 7.00. The molecule has 2 aliphatic carbocycles. The highest BCUT2D eigenvalue weighted by Gasteiger charge is 2.73. The van der Waals surface area contributed by atoms with Gasteiger partial charge in [0.1, 0.15) is 0 Å². The zero-order chi connectivity index (χ0) is 15.1. The van der Waals surface area contributed by atoms with Crippen LogP contribution in [-0.2, 0) is 0 Å². The number of hydrogen-bond acceptors (Lipinski definition) is 1. The normalized spacial score (nSPS) is 31.1. The SMILES string of the molecule is CC(C1CC2CCC1C2)(C(F)(F)F)C(F)(F)F.CO. The van der Waals surface area contributed by atoms with Gasteiger partial charge in [0.05, 0.1) is 0 Å². The van der Waals surface area contributed by atoms with E-state index in [0.29, 0.717) is 19.8 Å². The summed E-state index contributed by atoms with van der Waals surface area (Å²) in [5.41, 5.74) is -3.54. The summed E-state index contributed by atoms with van der Waals surface area (Å²) in [7, 11) is 1.00. The molecule has 0 radical (unpaired) electrons. The lowest BCUT2D eigenvalue weighted by molar-refractivity contribution is -0.356. The van der Waals surface area contributed by atoms with Gasteiger partial charge in [-0.3, -0.25) is 0 Å². The van der Waals surface area contributed by atoms with Gasteiger partial charge < -0.3 is 5.11 Å². The van der Waals surface area contributed by atoms with Gasteiger partial charge in [-0.05, 0) is 43.9 Å². The van der Waals surface area contributed by atoms with Crippen LogP contribution in [0.1, 0.15) is 32.6 Å². The predicted octanol–water partition coefficient (Wildman–Crippen LogP) is 4.16. The molecule has 0 aromatic rings. The average Bonchev–Trinajstić information content (AvgIpc) is 2.89. The molecule has 114 valence electrons. The molecule has 19 heavy (non-hydrogen) atoms. The first kappa shape index (κ1) is 16.6. The number of halogens is 6. The fourth-order valence-corrected chi connectivity index (χ4v) is 3.53. The topological polar surface area (TPSA) is 20.2 Å². The number of fused-ring (bicyclic) bond motifs is 2. The van der Waals surface area contributed by atoms with Gasteiger partial charge in [0.15, 0.2) is 5.41 Å². The lowest BCUT2D eigenvalue weighted by Crippen LogP contribution is -2.54. The van der Waals surface area contributed by atoms with Crippen molar-refractivity contribution < 1.29 is 31.4 Å². The average molecular weight is 292 g/mol. The molecule has 3 atom stereocenters. The standard InChI is InChI=1S/C11H14F6.CH4O/c1-9(10(12,13)14,11(15,16)17)8-5-6-2-3-7(8)4-6;1-2/h6-8H,2-5H2,1H3;2H,1H3. The van der Waals surface area contributed by atoms with E-state index in [1.807, 2.05) is 0 Å². The maximum absolute atomic E-state index is 12.9. The largest absolute Gasteiger partial charge is 0.403 e. The van der Waals surface area contributed by atoms with Crippen LogP contribution in [0.2, 0.25) is 0 Å². The molecule has 0 amide bonds. The maximum Gasteiger partial charge on any atom is 0.403 e. The van der Waals surface area contributed by atoms with Crippen molar-refractivity contribution in [3.05, 3.63) is 0 Å². The molecule has 2 rings (SSSR count). The molecule has 1 nitrogen and oxygen atoms in total. The van der Waals surface area contributed by atoms with Crippen LogP contribution in [0.15, 0.2) is 0 Å². The summed E-state index contributed by atoms with van der Waals surface area (Å²) >= 11 is 0. The van der Waals surface area contributed by atoms with Crippen molar-refractivity contribution in [2.75, 3.05) is 7.11 Å². The van der Waals surface area contributed by atoms with Crippen LogP contribution in [0, 0.1) is 23.2 Å². The summed E-state index contributed by atoms with van der Waals surface area (Å²) < 4.78 is 77.1. The molecule has 2 saturated carbocycles. The van der Waals surface area contributed by atoms with Gasteiger partial charge in [0.2, 0.25) is 0 Å². The van der Waals surface area contributed by atoms with Crippen molar-refractivity contribution in [2.45, 2.75) is 45.0 Å². The lowest BCUT2D eigenvalue weighted by atomic mass is 9.68. The van der Waals surface area contributed by atoms with Crippen LogP contribution >= 0.6 is 0 Å². The zero-order valence-corrected chi connectivity index (χ0v) is 10.8. The Morgan fingerprint density at radius 1 is 0.842 bits per heavy atom. The predicted molar refractivity (Wildman–Crippen MR) is 57.3 cm³/mol. The third-order valence-electron chi connectivity index (χ3n) is 4.66. The van der Waals surface area contributed by atoms with Crippen molar-refractivity contribution in [2.24, 2.45) is 23.2 Å². The Labute approximate surface area is 108 Å². The molecule has 7 heteroatoms. The Kier molecular flexibility index (Phi) is 4.49. The van der Waals surface area contributed by atoms with Crippen molar-refractivity contribution in [1.29, 1.82) is 0 Å². The Balaban J connectivity index is 0.000000861. The number of hydrogen-bond donors (Lipinski definition) is 1. The smallest absolute Gasteiger partial charge is 0.400 e. The molecular formula is C12H18F6O. The summed E-state index contributed by atoms with van der Waals surface area (Å²) in [4.78, 5) is 0. The van der Waals surface area contributed by atoms with Crippen LogP contribution in [0.25, 0.3) is 0 Å². The molecule has 2 bridgehead atoms. The molecule has 3 unspecified atom stereocenters. The summed E-state index contributed by atoms with van der Waals surface area (Å²) in [6, 6.07) is 0. The van der Waals surface area contributed by atoms with Crippen molar-refractivity contribution in [3.8, 4) is 0 Å². The second kappa shape index (κ2) is 5.14. The number of aliphatic hydroxyl groups is 1. The molecule has 0 aromatic heterocycles. The number of aliphatic hydroxyl groups excluding tert-OH is 1. The molecule has 2 fully saturated rings.